The summed E-state index contributed by atoms with van der Waals surface area (Å²) in [5.41, 5.74) is 0. The zero-order valence-electron chi connectivity index (χ0n) is 11.0. The van der Waals surface area contributed by atoms with Crippen LogP contribution < -0.4 is 4.72 Å². The van der Waals surface area contributed by atoms with Crippen LogP contribution in [0.15, 0.2) is 23.4 Å². The number of aromatic nitrogens is 1. The molecule has 0 radical (unpaired) electrons. The van der Waals surface area contributed by atoms with Gasteiger partial charge in [0.15, 0.2) is 0 Å². The first-order chi connectivity index (χ1) is 8.90. The molecule has 0 amide bonds. The molecule has 0 saturated heterocycles. The smallest absolute Gasteiger partial charge is 0.242 e. The van der Waals surface area contributed by atoms with E-state index in [0.717, 1.165) is 31.3 Å². The van der Waals surface area contributed by atoms with Crippen molar-refractivity contribution in [3.8, 4) is 0 Å². The summed E-state index contributed by atoms with van der Waals surface area (Å²) in [5.74, 6) is -0.684. The number of pyridine rings is 1. The van der Waals surface area contributed by atoms with E-state index in [9.17, 15) is 17.9 Å². The third kappa shape index (κ3) is 4.52. The first-order valence-electron chi connectivity index (χ1n) is 6.19. The van der Waals surface area contributed by atoms with Crippen LogP contribution >= 0.6 is 0 Å². The van der Waals surface area contributed by atoms with Crippen LogP contribution in [0.5, 0.6) is 0 Å². The molecule has 1 aromatic heterocycles. The average Bonchev–Trinajstić information content (AvgIpc) is 2.38. The van der Waals surface area contributed by atoms with Gasteiger partial charge < -0.3 is 5.11 Å². The van der Waals surface area contributed by atoms with Crippen molar-refractivity contribution in [3.05, 3.63) is 24.3 Å². The number of rotatable bonds is 7. The summed E-state index contributed by atoms with van der Waals surface area (Å²) >= 11 is 0. The molecule has 1 rings (SSSR count). The molecular weight excluding hydrogens is 271 g/mol. The Morgan fingerprint density at radius 2 is 2.00 bits per heavy atom. The number of aliphatic hydroxyl groups excluding tert-OH is 1. The Balaban J connectivity index is 2.71. The van der Waals surface area contributed by atoms with E-state index in [1.165, 1.54) is 0 Å². The van der Waals surface area contributed by atoms with Gasteiger partial charge in [0.2, 0.25) is 10.0 Å². The van der Waals surface area contributed by atoms with Crippen LogP contribution in [0, 0.1) is 11.7 Å². The number of hydrogen-bond donors (Lipinski definition) is 2. The molecule has 1 atom stereocenters. The van der Waals surface area contributed by atoms with E-state index in [1.807, 2.05) is 13.8 Å². The van der Waals surface area contributed by atoms with Crippen molar-refractivity contribution in [1.29, 1.82) is 0 Å². The van der Waals surface area contributed by atoms with Crippen LogP contribution in [0.3, 0.4) is 0 Å². The summed E-state index contributed by atoms with van der Waals surface area (Å²) < 4.78 is 38.9. The first-order valence-corrected chi connectivity index (χ1v) is 7.67. The number of nitrogens with zero attached hydrogens (tertiary/aromatic N) is 1. The molecule has 0 aliphatic carbocycles. The highest BCUT2D eigenvalue weighted by atomic mass is 32.2. The number of aliphatic hydroxyl groups is 1. The fourth-order valence-corrected chi connectivity index (χ4v) is 2.84. The Kier molecular flexibility index (Phi) is 5.84. The monoisotopic (exact) mass is 290 g/mol. The third-order valence-corrected chi connectivity index (χ3v) is 4.46. The summed E-state index contributed by atoms with van der Waals surface area (Å²) in [5, 5.41) is 9.86. The van der Waals surface area contributed by atoms with Gasteiger partial charge in [0.05, 0.1) is 12.3 Å². The molecule has 0 fully saturated rings. The van der Waals surface area contributed by atoms with Crippen molar-refractivity contribution >= 4 is 10.0 Å². The van der Waals surface area contributed by atoms with Gasteiger partial charge in [-0.3, -0.25) is 4.98 Å². The molecule has 1 heterocycles. The van der Waals surface area contributed by atoms with Crippen molar-refractivity contribution in [2.45, 2.75) is 37.7 Å². The maximum atomic E-state index is 12.9. The summed E-state index contributed by atoms with van der Waals surface area (Å²) in [4.78, 5) is 3.24. The molecule has 1 aromatic rings. The van der Waals surface area contributed by atoms with Gasteiger partial charge in [0.1, 0.15) is 10.7 Å². The second-order valence-electron chi connectivity index (χ2n) is 4.33. The highest BCUT2D eigenvalue weighted by Crippen LogP contribution is 2.14. The zero-order valence-corrected chi connectivity index (χ0v) is 11.8. The highest BCUT2D eigenvalue weighted by Gasteiger charge is 2.20. The van der Waals surface area contributed by atoms with Gasteiger partial charge in [-0.15, -0.1) is 0 Å². The minimum atomic E-state index is -3.84. The molecule has 7 heteroatoms. The number of halogens is 1. The van der Waals surface area contributed by atoms with E-state index in [1.54, 1.807) is 0 Å². The third-order valence-electron chi connectivity index (χ3n) is 3.07. The summed E-state index contributed by atoms with van der Waals surface area (Å²) in [6.07, 6.45) is 2.76. The lowest BCUT2D eigenvalue weighted by Crippen LogP contribution is -2.36. The Morgan fingerprint density at radius 1 is 1.37 bits per heavy atom. The van der Waals surface area contributed by atoms with Crippen molar-refractivity contribution < 1.29 is 17.9 Å². The number of sulfonamides is 1. The molecule has 0 aromatic carbocycles. The first kappa shape index (κ1) is 16.0. The van der Waals surface area contributed by atoms with E-state index in [4.69, 9.17) is 0 Å². The lowest BCUT2D eigenvalue weighted by atomic mass is 9.97. The van der Waals surface area contributed by atoms with Gasteiger partial charge in [-0.05, 0) is 12.0 Å². The van der Waals surface area contributed by atoms with Gasteiger partial charge in [0, 0.05) is 12.7 Å². The van der Waals surface area contributed by atoms with Crippen LogP contribution in [0.25, 0.3) is 0 Å². The lowest BCUT2D eigenvalue weighted by molar-refractivity contribution is 0.107. The molecule has 0 aliphatic heterocycles. The molecule has 19 heavy (non-hydrogen) atoms. The molecular formula is C12H19FN2O3S. The largest absolute Gasteiger partial charge is 0.391 e. The molecule has 2 N–H and O–H groups in total. The Morgan fingerprint density at radius 3 is 2.53 bits per heavy atom. The van der Waals surface area contributed by atoms with Gasteiger partial charge in [0.25, 0.3) is 0 Å². The fraction of sp³-hybridized carbons (Fsp3) is 0.583. The van der Waals surface area contributed by atoms with Gasteiger partial charge >= 0.3 is 0 Å². The Bertz CT molecular complexity index is 503. The average molecular weight is 290 g/mol. The summed E-state index contributed by atoms with van der Waals surface area (Å²) in [6.45, 7) is 3.77. The van der Waals surface area contributed by atoms with Crippen LogP contribution in [-0.2, 0) is 10.0 Å². The topological polar surface area (TPSA) is 79.3 Å². The molecule has 0 spiro atoms. The van der Waals surface area contributed by atoms with Crippen LogP contribution in [-0.4, -0.2) is 31.2 Å². The van der Waals surface area contributed by atoms with Gasteiger partial charge in [-0.25, -0.2) is 17.5 Å². The van der Waals surface area contributed by atoms with E-state index in [-0.39, 0.29) is 17.4 Å². The van der Waals surface area contributed by atoms with Crippen molar-refractivity contribution in [2.75, 3.05) is 6.54 Å². The number of hydrogen-bond acceptors (Lipinski definition) is 4. The predicted molar refractivity (Wildman–Crippen MR) is 69.5 cm³/mol. The van der Waals surface area contributed by atoms with Crippen LogP contribution in [0.2, 0.25) is 0 Å². The minimum Gasteiger partial charge on any atom is -0.391 e. The lowest BCUT2D eigenvalue weighted by Gasteiger charge is -2.20. The highest BCUT2D eigenvalue weighted by molar-refractivity contribution is 7.89. The molecule has 0 saturated carbocycles. The van der Waals surface area contributed by atoms with Gasteiger partial charge in [-0.2, -0.15) is 0 Å². The summed E-state index contributed by atoms with van der Waals surface area (Å²) in [6, 6.07) is 0.888. The Hall–Kier alpha value is -1.05. The second-order valence-corrected chi connectivity index (χ2v) is 6.10. The van der Waals surface area contributed by atoms with Crippen molar-refractivity contribution in [3.63, 3.8) is 0 Å². The summed E-state index contributed by atoms with van der Waals surface area (Å²) in [7, 11) is -3.84. The van der Waals surface area contributed by atoms with Crippen LogP contribution in [0.1, 0.15) is 26.7 Å². The SMILES string of the molecule is CCC(CC)C(O)CNS(=O)(=O)c1cncc(F)c1. The Labute approximate surface area is 112 Å². The quantitative estimate of drug-likeness (QED) is 0.793. The van der Waals surface area contributed by atoms with E-state index >= 15 is 0 Å². The minimum absolute atomic E-state index is 0.0355. The van der Waals surface area contributed by atoms with E-state index in [2.05, 4.69) is 9.71 Å². The fourth-order valence-electron chi connectivity index (χ4n) is 1.82. The predicted octanol–water partition coefficient (Wildman–Crippen LogP) is 1.30. The maximum Gasteiger partial charge on any atom is 0.242 e. The van der Waals surface area contributed by atoms with E-state index < -0.39 is 21.9 Å². The molecule has 108 valence electrons. The van der Waals surface area contributed by atoms with Gasteiger partial charge in [-0.1, -0.05) is 26.7 Å². The standard InChI is InChI=1S/C12H19FN2O3S/c1-3-9(4-2)12(16)8-15-19(17,18)11-5-10(13)6-14-7-11/h5-7,9,12,15-16H,3-4,8H2,1-2H3. The van der Waals surface area contributed by atoms with Crippen molar-refractivity contribution in [1.82, 2.24) is 9.71 Å². The molecule has 1 unspecified atom stereocenters. The van der Waals surface area contributed by atoms with Crippen molar-refractivity contribution in [2.24, 2.45) is 5.92 Å². The second kappa shape index (κ2) is 6.93. The van der Waals surface area contributed by atoms with E-state index in [0.29, 0.717) is 0 Å². The number of nitrogens with one attached hydrogen (secondary N) is 1. The molecule has 0 aliphatic rings. The maximum absolute atomic E-state index is 12.9. The van der Waals surface area contributed by atoms with Crippen LogP contribution in [0.4, 0.5) is 4.39 Å². The molecule has 5 nitrogen and oxygen atoms in total. The zero-order chi connectivity index (χ0) is 14.5. The normalized spacial score (nSPS) is 13.7. The molecule has 0 bridgehead atoms.